The number of hydrogen-bond acceptors (Lipinski definition) is 5. The fraction of sp³-hybridized carbons (Fsp3) is 0.286. The standard InChI is InChI=1S/C14H16N4O2/c1-4-18-14(13(16)9(2)17-18)20-12-6-10(8-15)5-11(7-12)19-3/h5-7H,4,16H2,1-3H3. The molecule has 20 heavy (non-hydrogen) atoms. The van der Waals surface area contributed by atoms with Crippen LogP contribution in [0, 0.1) is 18.3 Å². The van der Waals surface area contributed by atoms with Crippen LogP contribution in [0.25, 0.3) is 0 Å². The molecule has 0 saturated carbocycles. The second-order valence-corrected chi connectivity index (χ2v) is 4.23. The zero-order valence-electron chi connectivity index (χ0n) is 11.7. The Kier molecular flexibility index (Phi) is 3.80. The summed E-state index contributed by atoms with van der Waals surface area (Å²) in [5.74, 6) is 1.52. The fourth-order valence-corrected chi connectivity index (χ4v) is 1.82. The maximum absolute atomic E-state index is 9.00. The van der Waals surface area contributed by atoms with Crippen LogP contribution in [0.2, 0.25) is 0 Å². The van der Waals surface area contributed by atoms with Gasteiger partial charge in [-0.1, -0.05) is 0 Å². The topological polar surface area (TPSA) is 86.1 Å². The lowest BCUT2D eigenvalue weighted by molar-refractivity contribution is 0.398. The summed E-state index contributed by atoms with van der Waals surface area (Å²) in [4.78, 5) is 0. The zero-order valence-corrected chi connectivity index (χ0v) is 11.7. The molecule has 0 saturated heterocycles. The van der Waals surface area contributed by atoms with Crippen molar-refractivity contribution in [3.05, 3.63) is 29.5 Å². The Morgan fingerprint density at radius 1 is 1.35 bits per heavy atom. The van der Waals surface area contributed by atoms with Crippen molar-refractivity contribution in [3.8, 4) is 23.4 Å². The van der Waals surface area contributed by atoms with Crippen LogP contribution in [0.3, 0.4) is 0 Å². The molecular formula is C14H16N4O2. The van der Waals surface area contributed by atoms with Gasteiger partial charge in [0.25, 0.3) is 0 Å². The Hall–Kier alpha value is -2.68. The number of methoxy groups -OCH3 is 1. The molecule has 0 spiro atoms. The molecule has 0 fully saturated rings. The first-order valence-electron chi connectivity index (χ1n) is 6.19. The van der Waals surface area contributed by atoms with Gasteiger partial charge in [-0.25, -0.2) is 4.68 Å². The average molecular weight is 272 g/mol. The van der Waals surface area contributed by atoms with Crippen molar-refractivity contribution in [1.82, 2.24) is 9.78 Å². The number of anilines is 1. The van der Waals surface area contributed by atoms with Crippen molar-refractivity contribution < 1.29 is 9.47 Å². The third kappa shape index (κ3) is 2.52. The minimum Gasteiger partial charge on any atom is -0.497 e. The van der Waals surface area contributed by atoms with Crippen molar-refractivity contribution >= 4 is 5.69 Å². The van der Waals surface area contributed by atoms with Crippen molar-refractivity contribution in [3.63, 3.8) is 0 Å². The lowest BCUT2D eigenvalue weighted by Crippen LogP contribution is -2.01. The van der Waals surface area contributed by atoms with Crippen LogP contribution in [0.5, 0.6) is 17.4 Å². The second kappa shape index (κ2) is 5.53. The third-order valence-electron chi connectivity index (χ3n) is 2.88. The highest BCUT2D eigenvalue weighted by molar-refractivity contribution is 5.55. The zero-order chi connectivity index (χ0) is 14.7. The van der Waals surface area contributed by atoms with E-state index < -0.39 is 0 Å². The Morgan fingerprint density at radius 3 is 2.65 bits per heavy atom. The number of nitrogens with two attached hydrogens (primary N) is 1. The molecule has 0 amide bonds. The van der Waals surface area contributed by atoms with E-state index in [1.807, 2.05) is 13.8 Å². The maximum atomic E-state index is 9.00. The first-order valence-corrected chi connectivity index (χ1v) is 6.19. The van der Waals surface area contributed by atoms with E-state index in [0.717, 1.165) is 0 Å². The molecule has 0 aliphatic carbocycles. The lowest BCUT2D eigenvalue weighted by Gasteiger charge is -2.10. The van der Waals surface area contributed by atoms with Crippen LogP contribution in [-0.2, 0) is 6.54 Å². The highest BCUT2D eigenvalue weighted by atomic mass is 16.5. The van der Waals surface area contributed by atoms with Crippen molar-refractivity contribution in [2.75, 3.05) is 12.8 Å². The Morgan fingerprint density at radius 2 is 2.05 bits per heavy atom. The first-order chi connectivity index (χ1) is 9.58. The smallest absolute Gasteiger partial charge is 0.241 e. The highest BCUT2D eigenvalue weighted by Gasteiger charge is 2.14. The molecule has 0 unspecified atom stereocenters. The van der Waals surface area contributed by atoms with Crippen LogP contribution >= 0.6 is 0 Å². The van der Waals surface area contributed by atoms with Gasteiger partial charge in [0.05, 0.1) is 24.4 Å². The molecule has 2 rings (SSSR count). The summed E-state index contributed by atoms with van der Waals surface area (Å²) in [6.45, 7) is 4.41. The summed E-state index contributed by atoms with van der Waals surface area (Å²) in [7, 11) is 1.54. The van der Waals surface area contributed by atoms with E-state index in [0.29, 0.717) is 40.9 Å². The minimum absolute atomic E-state index is 0.456. The largest absolute Gasteiger partial charge is 0.497 e. The monoisotopic (exact) mass is 272 g/mol. The number of aromatic nitrogens is 2. The molecule has 0 aliphatic heterocycles. The van der Waals surface area contributed by atoms with E-state index >= 15 is 0 Å². The van der Waals surface area contributed by atoms with Crippen molar-refractivity contribution in [1.29, 1.82) is 5.26 Å². The van der Waals surface area contributed by atoms with Gasteiger partial charge in [-0.2, -0.15) is 10.4 Å². The molecule has 1 aromatic heterocycles. The van der Waals surface area contributed by atoms with E-state index in [4.69, 9.17) is 20.5 Å². The number of rotatable bonds is 4. The van der Waals surface area contributed by atoms with Gasteiger partial charge < -0.3 is 15.2 Å². The second-order valence-electron chi connectivity index (χ2n) is 4.23. The predicted octanol–water partition coefficient (Wildman–Crippen LogP) is 2.47. The molecule has 6 nitrogen and oxygen atoms in total. The molecule has 0 atom stereocenters. The Bertz CT molecular complexity index is 671. The molecule has 6 heteroatoms. The van der Waals surface area contributed by atoms with Gasteiger partial charge in [-0.05, 0) is 26.0 Å². The van der Waals surface area contributed by atoms with Gasteiger partial charge >= 0.3 is 0 Å². The molecule has 104 valence electrons. The van der Waals surface area contributed by atoms with Gasteiger partial charge in [0, 0.05) is 12.6 Å². The number of nitrogen functional groups attached to an aromatic ring is 1. The molecule has 0 bridgehead atoms. The molecule has 0 aliphatic rings. The van der Waals surface area contributed by atoms with Crippen molar-refractivity contribution in [2.45, 2.75) is 20.4 Å². The predicted molar refractivity (Wildman–Crippen MR) is 74.8 cm³/mol. The molecular weight excluding hydrogens is 256 g/mol. The van der Waals surface area contributed by atoms with Crippen LogP contribution in [0.4, 0.5) is 5.69 Å². The van der Waals surface area contributed by atoms with E-state index in [2.05, 4.69) is 11.2 Å². The fourth-order valence-electron chi connectivity index (χ4n) is 1.82. The van der Waals surface area contributed by atoms with Gasteiger partial charge in [0.1, 0.15) is 17.2 Å². The van der Waals surface area contributed by atoms with E-state index in [9.17, 15) is 0 Å². The normalized spacial score (nSPS) is 10.1. The summed E-state index contributed by atoms with van der Waals surface area (Å²) in [6, 6.07) is 7.03. The lowest BCUT2D eigenvalue weighted by atomic mass is 10.2. The molecule has 2 aromatic rings. The Balaban J connectivity index is 2.42. The van der Waals surface area contributed by atoms with Gasteiger partial charge in [0.2, 0.25) is 5.88 Å². The summed E-state index contributed by atoms with van der Waals surface area (Å²) in [6.07, 6.45) is 0. The summed E-state index contributed by atoms with van der Waals surface area (Å²) >= 11 is 0. The molecule has 1 heterocycles. The summed E-state index contributed by atoms with van der Waals surface area (Å²) < 4.78 is 12.6. The Labute approximate surface area is 117 Å². The SMILES string of the molecule is CCn1nc(C)c(N)c1Oc1cc(C#N)cc(OC)c1. The van der Waals surface area contributed by atoms with Gasteiger partial charge in [-0.3, -0.25) is 0 Å². The number of nitrogens with zero attached hydrogens (tertiary/aromatic N) is 3. The average Bonchev–Trinajstić information content (AvgIpc) is 2.74. The van der Waals surface area contributed by atoms with E-state index in [1.165, 1.54) is 7.11 Å². The van der Waals surface area contributed by atoms with E-state index in [-0.39, 0.29) is 0 Å². The number of ether oxygens (including phenoxy) is 2. The summed E-state index contributed by atoms with van der Waals surface area (Å²) in [5.41, 5.74) is 7.63. The number of aryl methyl sites for hydroxylation is 2. The van der Waals surface area contributed by atoms with Gasteiger partial charge in [0.15, 0.2) is 0 Å². The molecule has 2 N–H and O–H groups in total. The maximum Gasteiger partial charge on any atom is 0.241 e. The molecule has 1 aromatic carbocycles. The van der Waals surface area contributed by atoms with Gasteiger partial charge in [-0.15, -0.1) is 0 Å². The third-order valence-corrected chi connectivity index (χ3v) is 2.88. The summed E-state index contributed by atoms with van der Waals surface area (Å²) in [5, 5.41) is 13.3. The number of benzene rings is 1. The first kappa shape index (κ1) is 13.7. The minimum atomic E-state index is 0.456. The van der Waals surface area contributed by atoms with E-state index in [1.54, 1.807) is 22.9 Å². The van der Waals surface area contributed by atoms with Crippen LogP contribution in [0.1, 0.15) is 18.2 Å². The van der Waals surface area contributed by atoms with Crippen LogP contribution in [-0.4, -0.2) is 16.9 Å². The quantitative estimate of drug-likeness (QED) is 0.923. The highest BCUT2D eigenvalue weighted by Crippen LogP contribution is 2.32. The van der Waals surface area contributed by atoms with Crippen LogP contribution in [0.15, 0.2) is 18.2 Å². The number of nitriles is 1. The van der Waals surface area contributed by atoms with Crippen molar-refractivity contribution in [2.24, 2.45) is 0 Å². The molecule has 0 radical (unpaired) electrons. The van der Waals surface area contributed by atoms with Crippen LogP contribution < -0.4 is 15.2 Å². The number of hydrogen-bond donors (Lipinski definition) is 1.